The van der Waals surface area contributed by atoms with Crippen LogP contribution < -0.4 is 5.32 Å². The Morgan fingerprint density at radius 3 is 2.67 bits per heavy atom. The number of hydrogen-bond donors (Lipinski definition) is 1. The van der Waals surface area contributed by atoms with Gasteiger partial charge in [0.1, 0.15) is 5.52 Å². The summed E-state index contributed by atoms with van der Waals surface area (Å²) < 4.78 is 0. The van der Waals surface area contributed by atoms with Crippen molar-refractivity contribution in [2.45, 2.75) is 4.90 Å². The number of anilines is 1. The van der Waals surface area contributed by atoms with Crippen molar-refractivity contribution in [3.63, 3.8) is 0 Å². The molecule has 1 N–H and O–H groups in total. The Morgan fingerprint density at radius 1 is 1.12 bits per heavy atom. The summed E-state index contributed by atoms with van der Waals surface area (Å²) in [6.45, 7) is 0. The molecule has 0 fully saturated rings. The molecule has 3 rings (SSSR count). The number of nitro groups is 1. The van der Waals surface area contributed by atoms with E-state index in [2.05, 4.69) is 10.3 Å². The minimum Gasteiger partial charge on any atom is -0.325 e. The van der Waals surface area contributed by atoms with Crippen molar-refractivity contribution in [2.75, 3.05) is 11.1 Å². The van der Waals surface area contributed by atoms with Crippen LogP contribution in [0, 0.1) is 10.1 Å². The van der Waals surface area contributed by atoms with E-state index in [1.54, 1.807) is 18.2 Å². The third-order valence-electron chi connectivity index (χ3n) is 3.32. The van der Waals surface area contributed by atoms with Gasteiger partial charge in [-0.1, -0.05) is 18.2 Å². The normalized spacial score (nSPS) is 10.5. The van der Waals surface area contributed by atoms with Crippen molar-refractivity contribution in [2.24, 2.45) is 0 Å². The van der Waals surface area contributed by atoms with E-state index >= 15 is 0 Å². The van der Waals surface area contributed by atoms with Gasteiger partial charge in [-0.2, -0.15) is 0 Å². The molecule has 0 atom stereocenters. The van der Waals surface area contributed by atoms with E-state index in [-0.39, 0.29) is 17.3 Å². The highest BCUT2D eigenvalue weighted by Gasteiger charge is 2.16. The van der Waals surface area contributed by atoms with Gasteiger partial charge in [0.25, 0.3) is 5.69 Å². The first-order valence-electron chi connectivity index (χ1n) is 7.15. The van der Waals surface area contributed by atoms with Crippen molar-refractivity contribution in [1.29, 1.82) is 0 Å². The zero-order chi connectivity index (χ0) is 16.9. The lowest BCUT2D eigenvalue weighted by atomic mass is 10.2. The van der Waals surface area contributed by atoms with Crippen molar-refractivity contribution in [3.05, 3.63) is 70.9 Å². The fourth-order valence-corrected chi connectivity index (χ4v) is 3.11. The average molecular weight is 339 g/mol. The predicted octanol–water partition coefficient (Wildman–Crippen LogP) is 3.87. The standard InChI is InChI=1S/C17H13N3O3S/c21-16(19-12-5-2-1-3-6-12)11-24-15-9-8-14(20(22)23)17-13(15)7-4-10-18-17/h1-10H,11H2,(H,19,21). The SMILES string of the molecule is O=C(CSc1ccc([N+](=O)[O-])c2ncccc12)Nc1ccccc1. The van der Waals surface area contributed by atoms with Crippen molar-refractivity contribution in [1.82, 2.24) is 4.98 Å². The molecule has 0 spiro atoms. The lowest BCUT2D eigenvalue weighted by Gasteiger charge is -2.07. The van der Waals surface area contributed by atoms with E-state index in [0.29, 0.717) is 10.9 Å². The lowest BCUT2D eigenvalue weighted by Crippen LogP contribution is -2.13. The molecule has 0 radical (unpaired) electrons. The Kier molecular flexibility index (Phi) is 4.72. The van der Waals surface area contributed by atoms with Gasteiger partial charge >= 0.3 is 0 Å². The number of carbonyl (C=O) groups is 1. The predicted molar refractivity (Wildman–Crippen MR) is 94.2 cm³/mol. The minimum absolute atomic E-state index is 0.0383. The second-order valence-electron chi connectivity index (χ2n) is 4.94. The molecule has 1 heterocycles. The Labute approximate surface area is 142 Å². The molecular formula is C17H13N3O3S. The van der Waals surface area contributed by atoms with Crippen LogP contribution >= 0.6 is 11.8 Å². The number of benzene rings is 2. The van der Waals surface area contributed by atoms with Crippen molar-refractivity contribution >= 4 is 39.9 Å². The number of fused-ring (bicyclic) bond motifs is 1. The average Bonchev–Trinajstić information content (AvgIpc) is 2.60. The molecule has 0 aliphatic rings. The van der Waals surface area contributed by atoms with Gasteiger partial charge in [0, 0.05) is 28.2 Å². The Hall–Kier alpha value is -2.93. The molecule has 1 aromatic heterocycles. The maximum absolute atomic E-state index is 12.0. The van der Waals surface area contributed by atoms with Crippen LogP contribution in [0.1, 0.15) is 0 Å². The number of nitrogens with one attached hydrogen (secondary N) is 1. The molecule has 0 unspecified atom stereocenters. The van der Waals surface area contributed by atoms with Gasteiger partial charge in [-0.05, 0) is 30.3 Å². The summed E-state index contributed by atoms with van der Waals surface area (Å²) in [6.07, 6.45) is 1.52. The lowest BCUT2D eigenvalue weighted by molar-refractivity contribution is -0.383. The van der Waals surface area contributed by atoms with E-state index < -0.39 is 4.92 Å². The molecule has 0 aliphatic heterocycles. The van der Waals surface area contributed by atoms with Crippen LogP contribution in [0.5, 0.6) is 0 Å². The molecule has 1 amide bonds. The van der Waals surface area contributed by atoms with E-state index in [4.69, 9.17) is 0 Å². The first-order chi connectivity index (χ1) is 11.6. The summed E-state index contributed by atoms with van der Waals surface area (Å²) in [4.78, 5) is 27.6. The highest BCUT2D eigenvalue weighted by molar-refractivity contribution is 8.00. The third-order valence-corrected chi connectivity index (χ3v) is 4.39. The van der Waals surface area contributed by atoms with Crippen LogP contribution in [0.15, 0.2) is 65.7 Å². The molecule has 120 valence electrons. The monoisotopic (exact) mass is 339 g/mol. The number of para-hydroxylation sites is 1. The van der Waals surface area contributed by atoms with Gasteiger partial charge in [0.05, 0.1) is 10.7 Å². The zero-order valence-electron chi connectivity index (χ0n) is 12.5. The van der Waals surface area contributed by atoms with Gasteiger partial charge in [-0.15, -0.1) is 11.8 Å². The molecule has 0 saturated carbocycles. The molecule has 7 heteroatoms. The highest BCUT2D eigenvalue weighted by atomic mass is 32.2. The second kappa shape index (κ2) is 7.10. The van der Waals surface area contributed by atoms with Crippen LogP contribution in [0.25, 0.3) is 10.9 Å². The number of non-ortho nitro benzene ring substituents is 1. The number of nitro benzene ring substituents is 1. The number of nitrogens with zero attached hydrogens (tertiary/aromatic N) is 2. The van der Waals surface area contributed by atoms with E-state index in [0.717, 1.165) is 10.6 Å². The number of aromatic nitrogens is 1. The van der Waals surface area contributed by atoms with Crippen LogP contribution in [0.3, 0.4) is 0 Å². The second-order valence-corrected chi connectivity index (χ2v) is 5.96. The molecule has 0 saturated heterocycles. The maximum atomic E-state index is 12.0. The molecule has 6 nitrogen and oxygen atoms in total. The molecule has 2 aromatic carbocycles. The number of pyridine rings is 1. The van der Waals surface area contributed by atoms with Gasteiger partial charge in [-0.25, -0.2) is 4.98 Å². The summed E-state index contributed by atoms with van der Waals surface area (Å²) in [7, 11) is 0. The number of carbonyl (C=O) groups excluding carboxylic acids is 1. The first-order valence-corrected chi connectivity index (χ1v) is 8.13. The number of thioether (sulfide) groups is 1. The Balaban J connectivity index is 1.77. The fourth-order valence-electron chi connectivity index (χ4n) is 2.27. The molecule has 24 heavy (non-hydrogen) atoms. The van der Waals surface area contributed by atoms with Gasteiger partial charge in [-0.3, -0.25) is 14.9 Å². The van der Waals surface area contributed by atoms with Crippen LogP contribution in [-0.4, -0.2) is 21.6 Å². The smallest absolute Gasteiger partial charge is 0.295 e. The number of amides is 1. The molecule has 3 aromatic rings. The Bertz CT molecular complexity index is 900. The minimum atomic E-state index is -0.452. The quantitative estimate of drug-likeness (QED) is 0.433. The molecule has 0 bridgehead atoms. The summed E-state index contributed by atoms with van der Waals surface area (Å²) in [5.41, 5.74) is 1.03. The van der Waals surface area contributed by atoms with Gasteiger partial charge < -0.3 is 5.32 Å². The third kappa shape index (κ3) is 3.52. The first kappa shape index (κ1) is 15.9. The number of hydrogen-bond acceptors (Lipinski definition) is 5. The summed E-state index contributed by atoms with van der Waals surface area (Å²) >= 11 is 1.32. The summed E-state index contributed by atoms with van der Waals surface area (Å²) in [5.74, 6) is 0.0676. The van der Waals surface area contributed by atoms with Crippen LogP contribution in [-0.2, 0) is 4.79 Å². The van der Waals surface area contributed by atoms with Gasteiger partial charge in [0.2, 0.25) is 5.91 Å². The number of rotatable bonds is 5. The highest BCUT2D eigenvalue weighted by Crippen LogP contribution is 2.32. The van der Waals surface area contributed by atoms with Crippen molar-refractivity contribution in [3.8, 4) is 0 Å². The largest absolute Gasteiger partial charge is 0.325 e. The maximum Gasteiger partial charge on any atom is 0.295 e. The molecular weight excluding hydrogens is 326 g/mol. The van der Waals surface area contributed by atoms with E-state index in [1.165, 1.54) is 24.0 Å². The zero-order valence-corrected chi connectivity index (χ0v) is 13.3. The molecule has 0 aliphatic carbocycles. The fraction of sp³-hybridized carbons (Fsp3) is 0.0588. The van der Waals surface area contributed by atoms with Crippen molar-refractivity contribution < 1.29 is 9.72 Å². The van der Waals surface area contributed by atoms with E-state index in [1.807, 2.05) is 30.3 Å². The van der Waals surface area contributed by atoms with E-state index in [9.17, 15) is 14.9 Å². The van der Waals surface area contributed by atoms with Gasteiger partial charge in [0.15, 0.2) is 0 Å². The van der Waals surface area contributed by atoms with Crippen LogP contribution in [0.4, 0.5) is 11.4 Å². The topological polar surface area (TPSA) is 85.1 Å². The van der Waals surface area contributed by atoms with Crippen LogP contribution in [0.2, 0.25) is 0 Å². The summed E-state index contributed by atoms with van der Waals surface area (Å²) in [6, 6.07) is 15.8. The summed E-state index contributed by atoms with van der Waals surface area (Å²) in [5, 5.41) is 14.6. The Morgan fingerprint density at radius 2 is 1.92 bits per heavy atom.